The van der Waals surface area contributed by atoms with E-state index in [2.05, 4.69) is 26.1 Å². The maximum atomic E-state index is 5.16. The average molecular weight is 227 g/mol. The zero-order valence-corrected chi connectivity index (χ0v) is 7.86. The molecule has 0 radical (unpaired) electrons. The fourth-order valence-corrected chi connectivity index (χ4v) is 1.48. The molecule has 0 spiro atoms. The van der Waals surface area contributed by atoms with E-state index in [1.165, 1.54) is 0 Å². The molecule has 62 valence electrons. The third kappa shape index (κ3) is 1.48. The normalized spacial score (nSPS) is 21.8. The van der Waals surface area contributed by atoms with Crippen LogP contribution in [0.2, 0.25) is 0 Å². The van der Waals surface area contributed by atoms with Gasteiger partial charge in [0.1, 0.15) is 4.62 Å². The van der Waals surface area contributed by atoms with Gasteiger partial charge in [-0.2, -0.15) is 0 Å². The molecule has 1 aliphatic rings. The molecule has 0 N–H and O–H groups in total. The Balaban J connectivity index is 2.14. The van der Waals surface area contributed by atoms with Crippen LogP contribution in [0.1, 0.15) is 18.1 Å². The topological polar surface area (TPSA) is 34.5 Å². The lowest BCUT2D eigenvalue weighted by Gasteiger charge is -2.06. The largest absolute Gasteiger partial charge is 0.386 e. The van der Waals surface area contributed by atoms with Crippen molar-refractivity contribution in [3.8, 4) is 0 Å². The van der Waals surface area contributed by atoms with Gasteiger partial charge in [-0.25, -0.2) is 0 Å². The summed E-state index contributed by atoms with van der Waals surface area (Å²) in [5.41, 5.74) is 1.11. The number of nitrogens with zero attached hydrogens (tertiary/aromatic N) is 2. The third-order valence-corrected chi connectivity index (χ3v) is 2.18. The summed E-state index contributed by atoms with van der Waals surface area (Å²) in [5.74, 6) is 0. The van der Waals surface area contributed by atoms with Gasteiger partial charge in [0.25, 0.3) is 0 Å². The summed E-state index contributed by atoms with van der Waals surface area (Å²) in [5, 5.41) is 3.81. The lowest BCUT2D eigenvalue weighted by atomic mass is 10.1. The summed E-state index contributed by atoms with van der Waals surface area (Å²) in [4.78, 5) is 9.10. The molecule has 1 aromatic rings. The molecule has 1 aromatic heterocycles. The highest BCUT2D eigenvalue weighted by molar-refractivity contribution is 9.18. The third-order valence-electron chi connectivity index (χ3n) is 1.71. The molecule has 0 aliphatic carbocycles. The van der Waals surface area contributed by atoms with Crippen molar-refractivity contribution >= 4 is 20.6 Å². The molecule has 0 saturated heterocycles. The van der Waals surface area contributed by atoms with Crippen molar-refractivity contribution in [1.82, 2.24) is 4.98 Å². The van der Waals surface area contributed by atoms with Gasteiger partial charge in [-0.1, -0.05) is 5.16 Å². The zero-order chi connectivity index (χ0) is 8.39. The quantitative estimate of drug-likeness (QED) is 0.737. The van der Waals surface area contributed by atoms with Gasteiger partial charge in [-0.15, -0.1) is 0 Å². The van der Waals surface area contributed by atoms with Crippen molar-refractivity contribution in [3.63, 3.8) is 0 Å². The molecule has 0 amide bonds. The highest BCUT2D eigenvalue weighted by Gasteiger charge is 2.20. The van der Waals surface area contributed by atoms with Crippen molar-refractivity contribution < 1.29 is 4.84 Å². The first-order valence-electron chi connectivity index (χ1n) is 3.64. The van der Waals surface area contributed by atoms with Gasteiger partial charge in [-0.3, -0.25) is 4.98 Å². The lowest BCUT2D eigenvalue weighted by molar-refractivity contribution is 0.0857. The summed E-state index contributed by atoms with van der Waals surface area (Å²) in [6, 6.07) is 3.87. The molecule has 1 aliphatic heterocycles. The summed E-state index contributed by atoms with van der Waals surface area (Å²) in [6.45, 7) is 0. The van der Waals surface area contributed by atoms with Gasteiger partial charge >= 0.3 is 0 Å². The van der Waals surface area contributed by atoms with Crippen LogP contribution in [-0.4, -0.2) is 9.60 Å². The van der Waals surface area contributed by atoms with Gasteiger partial charge in [0, 0.05) is 18.8 Å². The Hall–Kier alpha value is -0.900. The van der Waals surface area contributed by atoms with Crippen LogP contribution in [0.25, 0.3) is 0 Å². The Kier molecular flexibility index (Phi) is 2.08. The van der Waals surface area contributed by atoms with Crippen molar-refractivity contribution in [1.29, 1.82) is 0 Å². The van der Waals surface area contributed by atoms with Crippen molar-refractivity contribution in [2.45, 2.75) is 12.5 Å². The van der Waals surface area contributed by atoms with Gasteiger partial charge in [0.05, 0.1) is 0 Å². The molecule has 0 bridgehead atoms. The minimum atomic E-state index is 0.0578. The SMILES string of the molecule is BrC1=NOC(c2ccncc2)C1. The highest BCUT2D eigenvalue weighted by Crippen LogP contribution is 2.28. The van der Waals surface area contributed by atoms with E-state index in [-0.39, 0.29) is 6.10 Å². The van der Waals surface area contributed by atoms with E-state index in [0.29, 0.717) is 0 Å². The van der Waals surface area contributed by atoms with Gasteiger partial charge in [-0.05, 0) is 33.6 Å². The fraction of sp³-hybridized carbons (Fsp3) is 0.250. The highest BCUT2D eigenvalue weighted by atomic mass is 79.9. The molecule has 1 atom stereocenters. The Bertz CT molecular complexity index is 299. The number of aromatic nitrogens is 1. The lowest BCUT2D eigenvalue weighted by Crippen LogP contribution is -1.96. The van der Waals surface area contributed by atoms with Crippen LogP contribution in [0.15, 0.2) is 29.7 Å². The van der Waals surface area contributed by atoms with Crippen LogP contribution in [0.5, 0.6) is 0 Å². The number of oxime groups is 1. The fourth-order valence-electron chi connectivity index (χ4n) is 1.11. The first-order chi connectivity index (χ1) is 5.86. The van der Waals surface area contributed by atoms with Crippen LogP contribution < -0.4 is 0 Å². The van der Waals surface area contributed by atoms with E-state index in [0.717, 1.165) is 16.6 Å². The summed E-state index contributed by atoms with van der Waals surface area (Å²) < 4.78 is 0.865. The molecule has 12 heavy (non-hydrogen) atoms. The number of halogens is 1. The predicted octanol–water partition coefficient (Wildman–Crippen LogP) is 2.25. The van der Waals surface area contributed by atoms with Gasteiger partial charge in [0.15, 0.2) is 6.10 Å². The van der Waals surface area contributed by atoms with Crippen molar-refractivity contribution in [2.75, 3.05) is 0 Å². The second-order valence-electron chi connectivity index (χ2n) is 2.55. The summed E-state index contributed by atoms with van der Waals surface area (Å²) in [6.07, 6.45) is 4.38. The smallest absolute Gasteiger partial charge is 0.158 e. The van der Waals surface area contributed by atoms with E-state index < -0.39 is 0 Å². The van der Waals surface area contributed by atoms with Gasteiger partial charge in [0.2, 0.25) is 0 Å². The van der Waals surface area contributed by atoms with E-state index in [4.69, 9.17) is 4.84 Å². The van der Waals surface area contributed by atoms with E-state index in [1.807, 2.05) is 12.1 Å². The second-order valence-corrected chi connectivity index (χ2v) is 3.46. The first-order valence-corrected chi connectivity index (χ1v) is 4.43. The Morgan fingerprint density at radius 1 is 1.42 bits per heavy atom. The minimum Gasteiger partial charge on any atom is -0.386 e. The van der Waals surface area contributed by atoms with E-state index >= 15 is 0 Å². The minimum absolute atomic E-state index is 0.0578. The Morgan fingerprint density at radius 2 is 2.17 bits per heavy atom. The molecule has 0 fully saturated rings. The maximum absolute atomic E-state index is 5.16. The Labute approximate surface area is 78.6 Å². The summed E-state index contributed by atoms with van der Waals surface area (Å²) in [7, 11) is 0. The number of hydrogen-bond acceptors (Lipinski definition) is 3. The zero-order valence-electron chi connectivity index (χ0n) is 6.27. The van der Waals surface area contributed by atoms with Crippen LogP contribution in [0, 0.1) is 0 Å². The Morgan fingerprint density at radius 3 is 2.75 bits per heavy atom. The standard InChI is InChI=1S/C8H7BrN2O/c9-8-5-7(12-11-8)6-1-3-10-4-2-6/h1-4,7H,5H2. The second kappa shape index (κ2) is 3.23. The van der Waals surface area contributed by atoms with Crippen molar-refractivity contribution in [3.05, 3.63) is 30.1 Å². The molecule has 3 nitrogen and oxygen atoms in total. The number of rotatable bonds is 1. The van der Waals surface area contributed by atoms with Crippen molar-refractivity contribution in [2.24, 2.45) is 5.16 Å². The molecular weight excluding hydrogens is 220 g/mol. The average Bonchev–Trinajstić information content (AvgIpc) is 2.54. The molecule has 2 heterocycles. The summed E-state index contributed by atoms with van der Waals surface area (Å²) >= 11 is 3.29. The monoisotopic (exact) mass is 226 g/mol. The first kappa shape index (κ1) is 7.73. The number of hydrogen-bond donors (Lipinski definition) is 0. The maximum Gasteiger partial charge on any atom is 0.158 e. The van der Waals surface area contributed by atoms with Crippen LogP contribution in [-0.2, 0) is 4.84 Å². The van der Waals surface area contributed by atoms with E-state index in [9.17, 15) is 0 Å². The van der Waals surface area contributed by atoms with Crippen LogP contribution >= 0.6 is 15.9 Å². The predicted molar refractivity (Wildman–Crippen MR) is 49.0 cm³/mol. The molecule has 0 aromatic carbocycles. The van der Waals surface area contributed by atoms with Gasteiger partial charge < -0.3 is 4.84 Å². The molecule has 2 rings (SSSR count). The van der Waals surface area contributed by atoms with Crippen LogP contribution in [0.4, 0.5) is 0 Å². The number of pyridine rings is 1. The molecule has 4 heteroatoms. The molecule has 0 saturated carbocycles. The molecule has 1 unspecified atom stereocenters. The van der Waals surface area contributed by atoms with Crippen LogP contribution in [0.3, 0.4) is 0 Å². The molecular formula is C8H7BrN2O. The van der Waals surface area contributed by atoms with E-state index in [1.54, 1.807) is 12.4 Å².